The lowest BCUT2D eigenvalue weighted by Gasteiger charge is -2.25. The van der Waals surface area contributed by atoms with E-state index in [1.54, 1.807) is 11.9 Å². The van der Waals surface area contributed by atoms with E-state index in [-0.39, 0.29) is 24.0 Å². The number of amides is 3. The third-order valence-electron chi connectivity index (χ3n) is 5.20. The number of carbonyl (C=O) groups excluding carboxylic acids is 2. The second kappa shape index (κ2) is 6.83. The molecular formula is C19H25N5O3. The minimum absolute atomic E-state index is 0.0528. The summed E-state index contributed by atoms with van der Waals surface area (Å²) in [4.78, 5) is 31.5. The number of aromatic nitrogens is 2. The van der Waals surface area contributed by atoms with Crippen LogP contribution in [0, 0.1) is 0 Å². The molecule has 4 rings (SSSR count). The average molecular weight is 371 g/mol. The maximum atomic E-state index is 12.6. The molecule has 0 radical (unpaired) electrons. The van der Waals surface area contributed by atoms with E-state index in [2.05, 4.69) is 20.8 Å². The molecule has 27 heavy (non-hydrogen) atoms. The number of hydrogen-bond acceptors (Lipinski definition) is 5. The van der Waals surface area contributed by atoms with Crippen LogP contribution >= 0.6 is 0 Å². The van der Waals surface area contributed by atoms with Crippen LogP contribution in [-0.2, 0) is 0 Å². The van der Waals surface area contributed by atoms with Crippen LogP contribution in [0.4, 0.5) is 4.79 Å². The predicted octanol–water partition coefficient (Wildman–Crippen LogP) is 2.71. The van der Waals surface area contributed by atoms with Crippen molar-refractivity contribution < 1.29 is 14.1 Å². The van der Waals surface area contributed by atoms with Gasteiger partial charge in [-0.15, -0.1) is 0 Å². The normalized spacial score (nSPS) is 19.7. The lowest BCUT2D eigenvalue weighted by atomic mass is 10.0. The number of rotatable bonds is 4. The molecule has 2 fully saturated rings. The summed E-state index contributed by atoms with van der Waals surface area (Å²) >= 11 is 0. The van der Waals surface area contributed by atoms with Crippen LogP contribution < -0.4 is 10.6 Å². The van der Waals surface area contributed by atoms with E-state index in [1.807, 2.05) is 19.9 Å². The third-order valence-corrected chi connectivity index (χ3v) is 5.20. The number of nitrogens with one attached hydrogen (secondary N) is 2. The van der Waals surface area contributed by atoms with Gasteiger partial charge in [0.05, 0.1) is 17.0 Å². The topological polar surface area (TPSA) is 100 Å². The van der Waals surface area contributed by atoms with Crippen molar-refractivity contribution >= 4 is 23.0 Å². The Bertz CT molecular complexity index is 887. The van der Waals surface area contributed by atoms with Crippen LogP contribution in [0.2, 0.25) is 0 Å². The summed E-state index contributed by atoms with van der Waals surface area (Å²) < 4.78 is 5.53. The molecule has 2 aromatic heterocycles. The van der Waals surface area contributed by atoms with Crippen LogP contribution in [0.1, 0.15) is 73.2 Å². The lowest BCUT2D eigenvalue weighted by molar-refractivity contribution is 0.0964. The molecule has 144 valence electrons. The Hall–Kier alpha value is -2.64. The van der Waals surface area contributed by atoms with Gasteiger partial charge >= 0.3 is 6.03 Å². The Morgan fingerprint density at radius 2 is 2.07 bits per heavy atom. The van der Waals surface area contributed by atoms with Gasteiger partial charge in [0.15, 0.2) is 0 Å². The average Bonchev–Trinajstić information content (AvgIpc) is 3.22. The molecule has 3 amide bonds. The second-order valence-corrected chi connectivity index (χ2v) is 7.65. The van der Waals surface area contributed by atoms with Crippen LogP contribution in [-0.4, -0.2) is 46.6 Å². The maximum Gasteiger partial charge on any atom is 0.318 e. The van der Waals surface area contributed by atoms with E-state index < -0.39 is 0 Å². The zero-order chi connectivity index (χ0) is 19.1. The van der Waals surface area contributed by atoms with Crippen molar-refractivity contribution in [1.29, 1.82) is 0 Å². The molecule has 3 heterocycles. The third kappa shape index (κ3) is 3.24. The summed E-state index contributed by atoms with van der Waals surface area (Å²) in [6.07, 6.45) is 3.83. The molecule has 1 aliphatic heterocycles. The standard InChI is InChI=1S/C19H25N5O3/c1-10(2)21-19(26)24-8-4-5-14(24)16-15-12(17(25)20-3)9-13(11-6-7-11)22-18(15)27-23-16/h9-11,14H,4-8H2,1-3H3,(H,20,25)(H,21,26). The number of likely N-dealkylation sites (tertiary alicyclic amines) is 1. The summed E-state index contributed by atoms with van der Waals surface area (Å²) in [5.74, 6) is 0.205. The molecule has 0 aromatic carbocycles. The summed E-state index contributed by atoms with van der Waals surface area (Å²) in [6, 6.07) is 1.57. The first-order chi connectivity index (χ1) is 13.0. The van der Waals surface area contributed by atoms with E-state index in [1.165, 1.54) is 0 Å². The van der Waals surface area contributed by atoms with Gasteiger partial charge in [0.2, 0.25) is 0 Å². The Balaban J connectivity index is 1.77. The largest absolute Gasteiger partial charge is 0.355 e. The fraction of sp³-hybridized carbons (Fsp3) is 0.579. The molecular weight excluding hydrogens is 346 g/mol. The van der Waals surface area contributed by atoms with Crippen molar-refractivity contribution in [3.63, 3.8) is 0 Å². The molecule has 1 saturated carbocycles. The molecule has 0 bridgehead atoms. The van der Waals surface area contributed by atoms with Gasteiger partial charge < -0.3 is 20.1 Å². The number of fused-ring (bicyclic) bond motifs is 1. The van der Waals surface area contributed by atoms with Gasteiger partial charge in [0.25, 0.3) is 11.6 Å². The Morgan fingerprint density at radius 1 is 1.30 bits per heavy atom. The Kier molecular flexibility index (Phi) is 4.49. The minimum Gasteiger partial charge on any atom is -0.355 e. The van der Waals surface area contributed by atoms with Crippen molar-refractivity contribution in [2.24, 2.45) is 0 Å². The first-order valence-electron chi connectivity index (χ1n) is 9.59. The molecule has 1 unspecified atom stereocenters. The Morgan fingerprint density at radius 3 is 2.74 bits per heavy atom. The fourth-order valence-electron chi connectivity index (χ4n) is 3.75. The molecule has 8 heteroatoms. The molecule has 8 nitrogen and oxygen atoms in total. The lowest BCUT2D eigenvalue weighted by Crippen LogP contribution is -2.42. The van der Waals surface area contributed by atoms with E-state index in [4.69, 9.17) is 4.52 Å². The highest BCUT2D eigenvalue weighted by molar-refractivity contribution is 6.06. The van der Waals surface area contributed by atoms with Crippen LogP contribution in [0.15, 0.2) is 10.6 Å². The highest BCUT2D eigenvalue weighted by Crippen LogP contribution is 2.42. The summed E-state index contributed by atoms with van der Waals surface area (Å²) in [5, 5.41) is 10.5. The Labute approximate surface area is 157 Å². The van der Waals surface area contributed by atoms with Gasteiger partial charge in [-0.3, -0.25) is 4.79 Å². The van der Waals surface area contributed by atoms with Crippen molar-refractivity contribution in [3.05, 3.63) is 23.0 Å². The minimum atomic E-state index is -0.220. The smallest absolute Gasteiger partial charge is 0.318 e. The van der Waals surface area contributed by atoms with Crippen LogP contribution in [0.5, 0.6) is 0 Å². The number of hydrogen-bond donors (Lipinski definition) is 2. The van der Waals surface area contributed by atoms with Crippen molar-refractivity contribution in [2.45, 2.75) is 57.5 Å². The molecule has 1 aliphatic carbocycles. The van der Waals surface area contributed by atoms with Gasteiger partial charge in [0.1, 0.15) is 5.69 Å². The molecule has 1 atom stereocenters. The highest BCUT2D eigenvalue weighted by atomic mass is 16.5. The number of carbonyl (C=O) groups is 2. The van der Waals surface area contributed by atoms with Gasteiger partial charge in [-0.05, 0) is 45.6 Å². The molecule has 1 saturated heterocycles. The van der Waals surface area contributed by atoms with E-state index in [0.29, 0.717) is 34.8 Å². The zero-order valence-electron chi connectivity index (χ0n) is 15.9. The zero-order valence-corrected chi connectivity index (χ0v) is 15.9. The summed E-state index contributed by atoms with van der Waals surface area (Å²) in [6.45, 7) is 4.52. The first-order valence-corrected chi connectivity index (χ1v) is 9.59. The molecule has 0 spiro atoms. The van der Waals surface area contributed by atoms with Gasteiger partial charge in [-0.2, -0.15) is 0 Å². The molecule has 2 aromatic rings. The number of pyridine rings is 1. The van der Waals surface area contributed by atoms with Gasteiger partial charge in [-0.25, -0.2) is 9.78 Å². The second-order valence-electron chi connectivity index (χ2n) is 7.65. The summed E-state index contributed by atoms with van der Waals surface area (Å²) in [7, 11) is 1.61. The van der Waals surface area contributed by atoms with Crippen molar-refractivity contribution in [2.75, 3.05) is 13.6 Å². The molecule has 2 N–H and O–H groups in total. The van der Waals surface area contributed by atoms with E-state index >= 15 is 0 Å². The van der Waals surface area contributed by atoms with Crippen molar-refractivity contribution in [1.82, 2.24) is 25.7 Å². The summed E-state index contributed by atoms with van der Waals surface area (Å²) in [5.41, 5.74) is 2.40. The van der Waals surface area contributed by atoms with Gasteiger partial charge in [-0.1, -0.05) is 5.16 Å². The number of nitrogens with zero attached hydrogens (tertiary/aromatic N) is 3. The molecule has 2 aliphatic rings. The fourth-order valence-corrected chi connectivity index (χ4v) is 3.75. The van der Waals surface area contributed by atoms with Gasteiger partial charge in [0, 0.05) is 31.2 Å². The quantitative estimate of drug-likeness (QED) is 0.861. The maximum absolute atomic E-state index is 12.6. The van der Waals surface area contributed by atoms with Crippen LogP contribution in [0.3, 0.4) is 0 Å². The van der Waals surface area contributed by atoms with Crippen LogP contribution in [0.25, 0.3) is 11.1 Å². The van der Waals surface area contributed by atoms with E-state index in [0.717, 1.165) is 31.4 Å². The predicted molar refractivity (Wildman–Crippen MR) is 99.5 cm³/mol. The highest BCUT2D eigenvalue weighted by Gasteiger charge is 2.36. The number of urea groups is 1. The SMILES string of the molecule is CNC(=O)c1cc(C2CC2)nc2onc(C3CCCN3C(=O)NC(C)C)c12. The van der Waals surface area contributed by atoms with E-state index in [9.17, 15) is 9.59 Å². The monoisotopic (exact) mass is 371 g/mol. The first kappa shape index (κ1) is 17.8. The van der Waals surface area contributed by atoms with Crippen molar-refractivity contribution in [3.8, 4) is 0 Å².